The maximum atomic E-state index is 12.4. The summed E-state index contributed by atoms with van der Waals surface area (Å²) >= 11 is 0. The first-order valence-electron chi connectivity index (χ1n) is 6.11. The third-order valence-electron chi connectivity index (χ3n) is 3.11. The topological polar surface area (TPSA) is 20.2 Å². The van der Waals surface area contributed by atoms with Gasteiger partial charge in [0.15, 0.2) is 0 Å². The summed E-state index contributed by atoms with van der Waals surface area (Å²) in [5, 5.41) is 10.0. The van der Waals surface area contributed by atoms with Crippen molar-refractivity contribution in [2.75, 3.05) is 0 Å². The number of rotatable bonds is 2. The zero-order chi connectivity index (χ0) is 16.5. The normalized spacial score (nSPS) is 12.2. The van der Waals surface area contributed by atoms with Gasteiger partial charge in [0.05, 0.1) is 11.1 Å². The van der Waals surface area contributed by atoms with Crippen LogP contribution < -0.4 is 18.9 Å². The van der Waals surface area contributed by atoms with Gasteiger partial charge in [-0.2, -0.15) is 26.3 Å². The molecular weight excluding hydrogens is 317 g/mol. The first-order valence-corrected chi connectivity index (χ1v) is 6.11. The van der Waals surface area contributed by atoms with E-state index in [1.54, 1.807) is 0 Å². The van der Waals surface area contributed by atoms with Gasteiger partial charge in [-0.3, -0.25) is 0 Å². The van der Waals surface area contributed by atoms with Crippen molar-refractivity contribution in [2.45, 2.75) is 18.5 Å². The van der Waals surface area contributed by atoms with Gasteiger partial charge in [0.2, 0.25) is 0 Å². The van der Waals surface area contributed by atoms with Crippen molar-refractivity contribution in [1.29, 1.82) is 0 Å². The van der Waals surface area contributed by atoms with E-state index in [0.29, 0.717) is 0 Å². The number of benzene rings is 2. The number of hydrogen-bond donors (Lipinski definition) is 1. The summed E-state index contributed by atoms with van der Waals surface area (Å²) in [5.74, 6) is 0. The van der Waals surface area contributed by atoms with E-state index in [1.807, 2.05) is 0 Å². The first kappa shape index (κ1) is 19.6. The Morgan fingerprint density at radius 2 is 0.913 bits per heavy atom. The molecule has 0 saturated carbocycles. The summed E-state index contributed by atoms with van der Waals surface area (Å²) in [6.07, 6.45) is -10.3. The zero-order valence-electron chi connectivity index (χ0n) is 12.9. The van der Waals surface area contributed by atoms with Crippen molar-refractivity contribution in [2.24, 2.45) is 0 Å². The van der Waals surface area contributed by atoms with Gasteiger partial charge in [0, 0.05) is 0 Å². The number of alkyl halides is 6. The van der Waals surface area contributed by atoms with Crippen LogP contribution in [0.25, 0.3) is 0 Å². The van der Waals surface area contributed by atoms with Gasteiger partial charge in [-0.15, -0.1) is 0 Å². The molecule has 1 nitrogen and oxygen atoms in total. The Morgan fingerprint density at radius 1 is 0.652 bits per heavy atom. The van der Waals surface area contributed by atoms with E-state index >= 15 is 0 Å². The Hall–Kier alpha value is -1.42. The SMILES string of the molecule is OC(c1ccc(C(F)(F)F)cc1)c1ccc(C(F)(F)F)cc1.[H-].[Li+]. The molecule has 0 unspecified atom stereocenters. The molecule has 1 N–H and O–H groups in total. The number of hydrogen-bond acceptors (Lipinski definition) is 1. The molecule has 0 bridgehead atoms. The number of aliphatic hydroxyl groups is 1. The van der Waals surface area contributed by atoms with Gasteiger partial charge in [-0.25, -0.2) is 0 Å². The van der Waals surface area contributed by atoms with Gasteiger partial charge in [-0.1, -0.05) is 24.3 Å². The second kappa shape index (κ2) is 7.00. The molecule has 2 rings (SSSR count). The summed E-state index contributed by atoms with van der Waals surface area (Å²) in [5.41, 5.74) is -1.41. The summed E-state index contributed by atoms with van der Waals surface area (Å²) in [6, 6.07) is 7.59. The van der Waals surface area contributed by atoms with Crippen LogP contribution in [-0.4, -0.2) is 5.11 Å². The molecule has 0 heterocycles. The van der Waals surface area contributed by atoms with Gasteiger partial charge in [-0.05, 0) is 35.4 Å². The Bertz CT molecular complexity index is 579. The third-order valence-corrected chi connectivity index (χ3v) is 3.11. The molecule has 0 saturated heterocycles. The minimum absolute atomic E-state index is 0. The quantitative estimate of drug-likeness (QED) is 0.660. The maximum Gasteiger partial charge on any atom is 1.00 e. The second-order valence-corrected chi connectivity index (χ2v) is 4.64. The predicted octanol–water partition coefficient (Wildman–Crippen LogP) is 1.92. The predicted molar refractivity (Wildman–Crippen MR) is 68.1 cm³/mol. The monoisotopic (exact) mass is 328 g/mol. The van der Waals surface area contributed by atoms with E-state index in [1.165, 1.54) is 0 Å². The fraction of sp³-hybridized carbons (Fsp3) is 0.200. The molecular formula is C15H11F6LiO. The van der Waals surface area contributed by atoms with Crippen LogP contribution in [0.15, 0.2) is 48.5 Å². The molecule has 0 aliphatic heterocycles. The average molecular weight is 328 g/mol. The van der Waals surface area contributed by atoms with E-state index < -0.39 is 29.6 Å². The minimum atomic E-state index is -4.49. The van der Waals surface area contributed by atoms with Crippen LogP contribution >= 0.6 is 0 Å². The first-order chi connectivity index (χ1) is 10.1. The van der Waals surface area contributed by atoms with Crippen LogP contribution in [0.1, 0.15) is 29.8 Å². The molecule has 23 heavy (non-hydrogen) atoms. The van der Waals surface area contributed by atoms with Crippen LogP contribution in [0, 0.1) is 0 Å². The second-order valence-electron chi connectivity index (χ2n) is 4.64. The molecule has 120 valence electrons. The Labute approximate surface area is 141 Å². The van der Waals surface area contributed by atoms with Crippen LogP contribution in [0.5, 0.6) is 0 Å². The smallest absolute Gasteiger partial charge is 1.00 e. The van der Waals surface area contributed by atoms with Crippen molar-refractivity contribution in [3.63, 3.8) is 0 Å². The zero-order valence-corrected chi connectivity index (χ0v) is 11.9. The molecule has 0 aliphatic rings. The Balaban J connectivity index is 0.00000264. The van der Waals surface area contributed by atoms with E-state index in [2.05, 4.69) is 0 Å². The van der Waals surface area contributed by atoms with Crippen LogP contribution in [0.2, 0.25) is 0 Å². The summed E-state index contributed by atoms with van der Waals surface area (Å²) in [7, 11) is 0. The molecule has 2 aromatic rings. The van der Waals surface area contributed by atoms with Crippen molar-refractivity contribution < 1.29 is 51.7 Å². The molecule has 0 spiro atoms. The molecule has 0 amide bonds. The fourth-order valence-corrected chi connectivity index (χ4v) is 1.90. The Morgan fingerprint density at radius 3 is 1.13 bits per heavy atom. The van der Waals surface area contributed by atoms with Crippen molar-refractivity contribution in [1.82, 2.24) is 0 Å². The molecule has 2 aromatic carbocycles. The fourth-order valence-electron chi connectivity index (χ4n) is 1.90. The molecule has 8 heteroatoms. The molecule has 0 fully saturated rings. The van der Waals surface area contributed by atoms with E-state index in [4.69, 9.17) is 0 Å². The van der Waals surface area contributed by atoms with Crippen molar-refractivity contribution in [3.05, 3.63) is 70.8 Å². The number of halogens is 6. The van der Waals surface area contributed by atoms with Crippen LogP contribution in [0.3, 0.4) is 0 Å². The minimum Gasteiger partial charge on any atom is -1.00 e. The molecule has 0 atom stereocenters. The summed E-state index contributed by atoms with van der Waals surface area (Å²) < 4.78 is 74.6. The van der Waals surface area contributed by atoms with Crippen molar-refractivity contribution >= 4 is 0 Å². The third kappa shape index (κ3) is 4.77. The van der Waals surface area contributed by atoms with E-state index in [9.17, 15) is 31.4 Å². The van der Waals surface area contributed by atoms with E-state index in [-0.39, 0.29) is 31.4 Å². The van der Waals surface area contributed by atoms with Gasteiger partial charge in [0.1, 0.15) is 6.10 Å². The standard InChI is InChI=1S/C15H10F6O.Li.H/c16-14(17,18)11-5-1-9(2-6-11)13(22)10-3-7-12(8-4-10)15(19,20)21;;/h1-8,13,22H;;/q;+1;-1. The summed E-state index contributed by atoms with van der Waals surface area (Å²) in [6.45, 7) is 0. The van der Waals surface area contributed by atoms with Gasteiger partial charge < -0.3 is 6.53 Å². The van der Waals surface area contributed by atoms with Crippen LogP contribution in [0.4, 0.5) is 26.3 Å². The van der Waals surface area contributed by atoms with Crippen LogP contribution in [-0.2, 0) is 12.4 Å². The summed E-state index contributed by atoms with van der Waals surface area (Å²) in [4.78, 5) is 0. The van der Waals surface area contributed by atoms with Gasteiger partial charge in [0.25, 0.3) is 0 Å². The van der Waals surface area contributed by atoms with Crippen molar-refractivity contribution in [3.8, 4) is 0 Å². The molecule has 0 aliphatic carbocycles. The van der Waals surface area contributed by atoms with E-state index in [0.717, 1.165) is 48.5 Å². The molecule has 0 aromatic heterocycles. The largest absolute Gasteiger partial charge is 1.00 e. The Kier molecular flexibility index (Phi) is 5.97. The number of aliphatic hydroxyl groups excluding tert-OH is 1. The molecule has 0 radical (unpaired) electrons. The van der Waals surface area contributed by atoms with Gasteiger partial charge >= 0.3 is 31.2 Å². The maximum absolute atomic E-state index is 12.4. The average Bonchev–Trinajstić information content (AvgIpc) is 2.45.